The van der Waals surface area contributed by atoms with E-state index in [2.05, 4.69) is 4.74 Å². The van der Waals surface area contributed by atoms with Crippen LogP contribution in [0, 0.1) is 18.6 Å². The van der Waals surface area contributed by atoms with Crippen LogP contribution in [0.5, 0.6) is 0 Å². The molecule has 88 valence electrons. The van der Waals surface area contributed by atoms with Crippen molar-refractivity contribution in [1.82, 2.24) is 4.90 Å². The zero-order valence-electron chi connectivity index (χ0n) is 9.17. The maximum absolute atomic E-state index is 12.2. The fourth-order valence-electron chi connectivity index (χ4n) is 1.07. The normalized spacial score (nSPS) is 14.2. The van der Waals surface area contributed by atoms with E-state index in [0.717, 1.165) is 24.2 Å². The van der Waals surface area contributed by atoms with Crippen LogP contribution < -0.4 is 0 Å². The molecule has 1 aliphatic rings. The second-order valence-electron chi connectivity index (χ2n) is 3.45. The van der Waals surface area contributed by atoms with Crippen LogP contribution >= 0.6 is 0 Å². The molecule has 1 aromatic carbocycles. The van der Waals surface area contributed by atoms with E-state index in [0.29, 0.717) is 6.61 Å². The van der Waals surface area contributed by atoms with Crippen molar-refractivity contribution in [3.05, 3.63) is 35.4 Å². The Morgan fingerprint density at radius 1 is 1.31 bits per heavy atom. The number of carbonyl (C=O) groups excluding carboxylic acids is 1. The van der Waals surface area contributed by atoms with Crippen molar-refractivity contribution in [3.63, 3.8) is 0 Å². The summed E-state index contributed by atoms with van der Waals surface area (Å²) in [5.74, 6) is -1.57. The lowest BCUT2D eigenvalue weighted by Gasteiger charge is -1.98. The highest BCUT2D eigenvalue weighted by atomic mass is 19.2. The summed E-state index contributed by atoms with van der Waals surface area (Å²) in [6, 6.07) is 3.80. The van der Waals surface area contributed by atoms with Crippen LogP contribution in [0.3, 0.4) is 0 Å². The summed E-state index contributed by atoms with van der Waals surface area (Å²) in [5, 5.41) is 0. The number of amides is 1. The smallest absolute Gasteiger partial charge is 0.409 e. The lowest BCUT2D eigenvalue weighted by molar-refractivity contribution is 0.163. The topological polar surface area (TPSA) is 29.5 Å². The minimum absolute atomic E-state index is 0.208. The highest BCUT2D eigenvalue weighted by molar-refractivity contribution is 5.68. The highest BCUT2D eigenvalue weighted by Crippen LogP contribution is 2.06. The van der Waals surface area contributed by atoms with E-state index in [9.17, 15) is 13.6 Å². The number of aryl methyl sites for hydroxylation is 1. The van der Waals surface area contributed by atoms with Gasteiger partial charge in [-0.15, -0.1) is 0 Å². The summed E-state index contributed by atoms with van der Waals surface area (Å²) in [5.41, 5.74) is 0.730. The van der Waals surface area contributed by atoms with Gasteiger partial charge in [0.15, 0.2) is 11.6 Å². The Kier molecular flexibility index (Phi) is 4.22. The van der Waals surface area contributed by atoms with E-state index in [-0.39, 0.29) is 6.09 Å². The van der Waals surface area contributed by atoms with Crippen molar-refractivity contribution in [3.8, 4) is 0 Å². The Morgan fingerprint density at radius 3 is 2.31 bits per heavy atom. The first kappa shape index (κ1) is 12.4. The molecule has 1 amide bonds. The first-order valence-corrected chi connectivity index (χ1v) is 4.80. The quantitative estimate of drug-likeness (QED) is 0.683. The number of carbonyl (C=O) groups is 1. The van der Waals surface area contributed by atoms with Crippen molar-refractivity contribution >= 4 is 6.09 Å². The zero-order valence-corrected chi connectivity index (χ0v) is 9.17. The number of hydrogen-bond donors (Lipinski definition) is 0. The standard InChI is InChI=1S/C7H6F2.C4H7NO2/c1-5-2-3-6(8)7(9)4-5;1-5-2-3-7-4(5)6/h2-4H,1H3;2-3H2,1H3. The summed E-state index contributed by atoms with van der Waals surface area (Å²) in [4.78, 5) is 11.8. The average Bonchev–Trinajstić information content (AvgIpc) is 2.59. The van der Waals surface area contributed by atoms with E-state index < -0.39 is 11.6 Å². The van der Waals surface area contributed by atoms with Crippen LogP contribution in [-0.4, -0.2) is 31.2 Å². The van der Waals surface area contributed by atoms with Gasteiger partial charge in [0.25, 0.3) is 0 Å². The molecule has 2 rings (SSSR count). The molecule has 0 radical (unpaired) electrons. The van der Waals surface area contributed by atoms with Gasteiger partial charge in [0.1, 0.15) is 6.61 Å². The molecule has 0 atom stereocenters. The Balaban J connectivity index is 0.000000165. The van der Waals surface area contributed by atoms with Gasteiger partial charge in [-0.05, 0) is 24.6 Å². The Morgan fingerprint density at radius 2 is 2.00 bits per heavy atom. The van der Waals surface area contributed by atoms with Gasteiger partial charge >= 0.3 is 6.09 Å². The minimum Gasteiger partial charge on any atom is -0.448 e. The van der Waals surface area contributed by atoms with Gasteiger partial charge in [-0.3, -0.25) is 0 Å². The first-order valence-electron chi connectivity index (χ1n) is 4.80. The molecule has 0 spiro atoms. The molecule has 0 N–H and O–H groups in total. The van der Waals surface area contributed by atoms with E-state index in [4.69, 9.17) is 0 Å². The lowest BCUT2D eigenvalue weighted by atomic mass is 10.2. The molecule has 1 fully saturated rings. The molecule has 0 aromatic heterocycles. The molecular weight excluding hydrogens is 216 g/mol. The zero-order chi connectivity index (χ0) is 12.1. The highest BCUT2D eigenvalue weighted by Gasteiger charge is 2.15. The maximum atomic E-state index is 12.2. The molecule has 0 aliphatic carbocycles. The molecular formula is C11H13F2NO2. The number of nitrogens with zero attached hydrogens (tertiary/aromatic N) is 1. The Hall–Kier alpha value is -1.65. The minimum atomic E-state index is -0.791. The van der Waals surface area contributed by atoms with Crippen molar-refractivity contribution < 1.29 is 18.3 Å². The molecule has 3 nitrogen and oxygen atoms in total. The SMILES string of the molecule is CN1CCOC1=O.Cc1ccc(F)c(F)c1. The van der Waals surface area contributed by atoms with Crippen molar-refractivity contribution in [2.24, 2.45) is 0 Å². The maximum Gasteiger partial charge on any atom is 0.409 e. The lowest BCUT2D eigenvalue weighted by Crippen LogP contribution is -2.17. The summed E-state index contributed by atoms with van der Waals surface area (Å²) >= 11 is 0. The van der Waals surface area contributed by atoms with Crippen LogP contribution in [0.15, 0.2) is 18.2 Å². The van der Waals surface area contributed by atoms with Gasteiger partial charge in [0.2, 0.25) is 0 Å². The van der Waals surface area contributed by atoms with E-state index in [1.165, 1.54) is 6.07 Å². The third-order valence-electron chi connectivity index (χ3n) is 2.04. The van der Waals surface area contributed by atoms with E-state index in [1.54, 1.807) is 18.9 Å². The molecule has 1 aromatic rings. The van der Waals surface area contributed by atoms with Gasteiger partial charge in [-0.25, -0.2) is 13.6 Å². The van der Waals surface area contributed by atoms with Crippen molar-refractivity contribution in [1.29, 1.82) is 0 Å². The summed E-state index contributed by atoms with van der Waals surface area (Å²) in [6.07, 6.45) is -0.208. The Bertz CT molecular complexity index is 382. The van der Waals surface area contributed by atoms with Crippen molar-refractivity contribution in [2.45, 2.75) is 6.92 Å². The van der Waals surface area contributed by atoms with Gasteiger partial charge in [-0.1, -0.05) is 6.07 Å². The fraction of sp³-hybridized carbons (Fsp3) is 0.364. The number of benzene rings is 1. The number of likely N-dealkylation sites (N-methyl/N-ethyl adjacent to an activating group) is 1. The molecule has 0 unspecified atom stereocenters. The molecule has 5 heteroatoms. The summed E-state index contributed by atoms with van der Waals surface area (Å²) < 4.78 is 28.9. The number of cyclic esters (lactones) is 1. The molecule has 1 heterocycles. The Labute approximate surface area is 92.6 Å². The number of hydrogen-bond acceptors (Lipinski definition) is 2. The molecule has 0 bridgehead atoms. The van der Waals surface area contributed by atoms with E-state index in [1.807, 2.05) is 0 Å². The van der Waals surface area contributed by atoms with E-state index >= 15 is 0 Å². The third kappa shape index (κ3) is 3.49. The molecule has 16 heavy (non-hydrogen) atoms. The van der Waals surface area contributed by atoms with Gasteiger partial charge in [-0.2, -0.15) is 0 Å². The first-order chi connectivity index (χ1) is 7.50. The van der Waals surface area contributed by atoms with Crippen LogP contribution in [0.2, 0.25) is 0 Å². The fourth-order valence-corrected chi connectivity index (χ4v) is 1.07. The molecule has 0 saturated carbocycles. The number of halogens is 2. The number of rotatable bonds is 0. The second-order valence-corrected chi connectivity index (χ2v) is 3.45. The largest absolute Gasteiger partial charge is 0.448 e. The second kappa shape index (κ2) is 5.44. The van der Waals surface area contributed by atoms with Crippen LogP contribution in [0.25, 0.3) is 0 Å². The predicted molar refractivity (Wildman–Crippen MR) is 55.1 cm³/mol. The van der Waals surface area contributed by atoms with Crippen molar-refractivity contribution in [2.75, 3.05) is 20.2 Å². The monoisotopic (exact) mass is 229 g/mol. The van der Waals surface area contributed by atoms with Crippen LogP contribution in [-0.2, 0) is 4.74 Å². The molecule has 1 saturated heterocycles. The predicted octanol–water partition coefficient (Wildman–Crippen LogP) is 2.34. The van der Waals surface area contributed by atoms with Crippen LogP contribution in [0.1, 0.15) is 5.56 Å². The van der Waals surface area contributed by atoms with Gasteiger partial charge < -0.3 is 9.64 Å². The van der Waals surface area contributed by atoms with Gasteiger partial charge in [0.05, 0.1) is 6.54 Å². The average molecular weight is 229 g/mol. The summed E-state index contributed by atoms with van der Waals surface area (Å²) in [7, 11) is 1.72. The van der Waals surface area contributed by atoms with Crippen LogP contribution in [0.4, 0.5) is 13.6 Å². The molecule has 1 aliphatic heterocycles. The summed E-state index contributed by atoms with van der Waals surface area (Å²) in [6.45, 7) is 3.00. The number of ether oxygens (including phenoxy) is 1. The van der Waals surface area contributed by atoms with Gasteiger partial charge in [0, 0.05) is 7.05 Å². The third-order valence-corrected chi connectivity index (χ3v) is 2.04.